The minimum Gasteiger partial charge on any atom is -0.462 e. The van der Waals surface area contributed by atoms with Crippen LogP contribution in [0.1, 0.15) is 61.3 Å². The molecule has 0 radical (unpaired) electrons. The van der Waals surface area contributed by atoms with Crippen LogP contribution in [0.4, 0.5) is 0 Å². The monoisotopic (exact) mass is 292 g/mol. The number of hydrogen-bond acceptors (Lipinski definition) is 4. The van der Waals surface area contributed by atoms with Crippen molar-refractivity contribution in [1.82, 2.24) is 0 Å². The van der Waals surface area contributed by atoms with Crippen LogP contribution < -0.4 is 0 Å². The van der Waals surface area contributed by atoms with Gasteiger partial charge >= 0.3 is 11.9 Å². The summed E-state index contributed by atoms with van der Waals surface area (Å²) in [6.07, 6.45) is 1.77. The first-order valence-electron chi connectivity index (χ1n) is 7.42. The van der Waals surface area contributed by atoms with Crippen molar-refractivity contribution in [3.63, 3.8) is 0 Å². The van der Waals surface area contributed by atoms with Crippen LogP contribution in [0, 0.1) is 5.92 Å². The zero-order valence-corrected chi connectivity index (χ0v) is 13.2. The minimum atomic E-state index is -0.386. The predicted octanol–water partition coefficient (Wildman–Crippen LogP) is 3.84. The topological polar surface area (TPSA) is 52.6 Å². The summed E-state index contributed by atoms with van der Waals surface area (Å²) in [6, 6.07) is 6.33. The van der Waals surface area contributed by atoms with Gasteiger partial charge < -0.3 is 9.47 Å². The molecule has 0 spiro atoms. The van der Waals surface area contributed by atoms with Gasteiger partial charge in [-0.3, -0.25) is 0 Å². The first-order valence-corrected chi connectivity index (χ1v) is 7.42. The van der Waals surface area contributed by atoms with E-state index in [1.807, 2.05) is 6.92 Å². The van der Waals surface area contributed by atoms with Crippen molar-refractivity contribution in [2.24, 2.45) is 5.92 Å². The number of hydrogen-bond donors (Lipinski definition) is 0. The van der Waals surface area contributed by atoms with Gasteiger partial charge in [0.05, 0.1) is 23.8 Å². The molecule has 1 rings (SSSR count). The third kappa shape index (κ3) is 5.98. The summed E-state index contributed by atoms with van der Waals surface area (Å²) in [5.74, 6) is -0.153. The van der Waals surface area contributed by atoms with E-state index in [0.717, 1.165) is 12.8 Å². The van der Waals surface area contributed by atoms with Crippen LogP contribution in [0.5, 0.6) is 0 Å². The zero-order chi connectivity index (χ0) is 15.8. The maximum atomic E-state index is 12.0. The molecule has 0 aromatic heterocycles. The maximum absolute atomic E-state index is 12.0. The summed E-state index contributed by atoms with van der Waals surface area (Å²) in [5.41, 5.74) is 0.876. The molecule has 4 nitrogen and oxygen atoms in total. The van der Waals surface area contributed by atoms with Crippen LogP contribution >= 0.6 is 0 Å². The van der Waals surface area contributed by atoms with Crippen molar-refractivity contribution < 1.29 is 19.1 Å². The minimum absolute atomic E-state index is 0.107. The molecule has 0 saturated carbocycles. The molecule has 0 N–H and O–H groups in total. The number of esters is 2. The Labute approximate surface area is 126 Å². The summed E-state index contributed by atoms with van der Waals surface area (Å²) in [7, 11) is 0. The lowest BCUT2D eigenvalue weighted by atomic mass is 10.1. The highest BCUT2D eigenvalue weighted by Crippen LogP contribution is 2.12. The molecule has 0 saturated heterocycles. The molecular weight excluding hydrogens is 268 g/mol. The molecule has 4 heteroatoms. The van der Waals surface area contributed by atoms with Gasteiger partial charge in [0.15, 0.2) is 0 Å². The molecule has 1 aromatic rings. The number of ether oxygens (including phenoxy) is 2. The highest BCUT2D eigenvalue weighted by molar-refractivity contribution is 5.93. The fraction of sp³-hybridized carbons (Fsp3) is 0.529. The molecule has 1 aromatic carbocycles. The van der Waals surface area contributed by atoms with Crippen LogP contribution in [-0.2, 0) is 9.47 Å². The SMILES string of the molecule is CCOC(=O)c1ccc(C(=O)OC(C)CCC(C)C)cc1. The third-order valence-electron chi connectivity index (χ3n) is 3.09. The molecule has 0 aliphatic carbocycles. The molecule has 0 aliphatic heterocycles. The van der Waals surface area contributed by atoms with Gasteiger partial charge in [-0.15, -0.1) is 0 Å². The van der Waals surface area contributed by atoms with Gasteiger partial charge in [0.2, 0.25) is 0 Å². The molecule has 21 heavy (non-hydrogen) atoms. The van der Waals surface area contributed by atoms with E-state index in [0.29, 0.717) is 23.7 Å². The predicted molar refractivity (Wildman–Crippen MR) is 81.3 cm³/mol. The molecule has 0 aliphatic rings. The lowest BCUT2D eigenvalue weighted by molar-refractivity contribution is 0.0312. The van der Waals surface area contributed by atoms with Crippen molar-refractivity contribution in [2.45, 2.75) is 46.6 Å². The average molecular weight is 292 g/mol. The molecule has 0 amide bonds. The lowest BCUT2D eigenvalue weighted by Crippen LogP contribution is -2.16. The van der Waals surface area contributed by atoms with E-state index in [1.54, 1.807) is 31.2 Å². The molecular formula is C17H24O4. The van der Waals surface area contributed by atoms with E-state index in [4.69, 9.17) is 9.47 Å². The molecule has 1 atom stereocenters. The first-order chi connectivity index (χ1) is 9.93. The summed E-state index contributed by atoms with van der Waals surface area (Å²) in [5, 5.41) is 0. The molecule has 116 valence electrons. The Kier molecular flexibility index (Phi) is 6.92. The number of carbonyl (C=O) groups excluding carboxylic acids is 2. The largest absolute Gasteiger partial charge is 0.462 e. The maximum Gasteiger partial charge on any atom is 0.338 e. The van der Waals surface area contributed by atoms with E-state index >= 15 is 0 Å². The highest BCUT2D eigenvalue weighted by atomic mass is 16.5. The smallest absolute Gasteiger partial charge is 0.338 e. The van der Waals surface area contributed by atoms with Crippen LogP contribution in [0.25, 0.3) is 0 Å². The van der Waals surface area contributed by atoms with Crippen molar-refractivity contribution in [2.75, 3.05) is 6.61 Å². The summed E-state index contributed by atoms with van der Waals surface area (Å²) < 4.78 is 10.3. The van der Waals surface area contributed by atoms with Crippen LogP contribution in [0.2, 0.25) is 0 Å². The standard InChI is InChI=1S/C17H24O4/c1-5-20-16(18)14-8-10-15(11-9-14)17(19)21-13(4)7-6-12(2)3/h8-13H,5-7H2,1-4H3. The van der Waals surface area contributed by atoms with E-state index < -0.39 is 0 Å². The van der Waals surface area contributed by atoms with Gasteiger partial charge in [0.1, 0.15) is 0 Å². The Hall–Kier alpha value is -1.84. The Morgan fingerprint density at radius 1 is 0.952 bits per heavy atom. The van der Waals surface area contributed by atoms with Crippen molar-refractivity contribution in [3.05, 3.63) is 35.4 Å². The molecule has 1 unspecified atom stereocenters. The second-order valence-corrected chi connectivity index (χ2v) is 5.48. The second-order valence-electron chi connectivity index (χ2n) is 5.48. The Morgan fingerprint density at radius 3 is 1.95 bits per heavy atom. The quantitative estimate of drug-likeness (QED) is 0.716. The number of carbonyl (C=O) groups is 2. The fourth-order valence-corrected chi connectivity index (χ4v) is 1.83. The van der Waals surface area contributed by atoms with Gasteiger partial charge in [-0.1, -0.05) is 13.8 Å². The summed E-state index contributed by atoms with van der Waals surface area (Å²) in [4.78, 5) is 23.5. The lowest BCUT2D eigenvalue weighted by Gasteiger charge is -2.14. The van der Waals surface area contributed by atoms with Crippen molar-refractivity contribution in [3.8, 4) is 0 Å². The number of benzene rings is 1. The Balaban J connectivity index is 2.57. The zero-order valence-electron chi connectivity index (χ0n) is 13.2. The first kappa shape index (κ1) is 17.2. The van der Waals surface area contributed by atoms with E-state index in [-0.39, 0.29) is 18.0 Å². The van der Waals surface area contributed by atoms with E-state index in [1.165, 1.54) is 0 Å². The highest BCUT2D eigenvalue weighted by Gasteiger charge is 2.13. The second kappa shape index (κ2) is 8.45. The van der Waals surface area contributed by atoms with Crippen molar-refractivity contribution in [1.29, 1.82) is 0 Å². The normalized spacial score (nSPS) is 12.0. The molecule has 0 bridgehead atoms. The molecule has 0 heterocycles. The fourth-order valence-electron chi connectivity index (χ4n) is 1.83. The summed E-state index contributed by atoms with van der Waals surface area (Å²) in [6.45, 7) is 8.26. The van der Waals surface area contributed by atoms with Gasteiger partial charge in [0, 0.05) is 0 Å². The van der Waals surface area contributed by atoms with E-state index in [2.05, 4.69) is 13.8 Å². The number of rotatable bonds is 7. The van der Waals surface area contributed by atoms with E-state index in [9.17, 15) is 9.59 Å². The Bertz CT molecular complexity index is 462. The van der Waals surface area contributed by atoms with Gasteiger partial charge in [0.25, 0.3) is 0 Å². The van der Waals surface area contributed by atoms with Crippen LogP contribution in [0.3, 0.4) is 0 Å². The van der Waals surface area contributed by atoms with Gasteiger partial charge in [-0.2, -0.15) is 0 Å². The average Bonchev–Trinajstić information content (AvgIpc) is 2.45. The van der Waals surface area contributed by atoms with Crippen LogP contribution in [-0.4, -0.2) is 24.6 Å². The van der Waals surface area contributed by atoms with Crippen molar-refractivity contribution >= 4 is 11.9 Å². The van der Waals surface area contributed by atoms with Gasteiger partial charge in [-0.25, -0.2) is 9.59 Å². The van der Waals surface area contributed by atoms with Gasteiger partial charge in [-0.05, 0) is 56.9 Å². The molecule has 0 fully saturated rings. The van der Waals surface area contributed by atoms with Crippen LogP contribution in [0.15, 0.2) is 24.3 Å². The Morgan fingerprint density at radius 2 is 1.48 bits per heavy atom. The summed E-state index contributed by atoms with van der Waals surface area (Å²) >= 11 is 0. The third-order valence-corrected chi connectivity index (χ3v) is 3.09.